The Morgan fingerprint density at radius 2 is 2.13 bits per heavy atom. The molecule has 0 atom stereocenters. The summed E-state index contributed by atoms with van der Waals surface area (Å²) in [5.74, 6) is 4.83. The Balaban J connectivity index is 3.76. The molecule has 0 heterocycles. The van der Waals surface area contributed by atoms with E-state index in [4.69, 9.17) is 5.84 Å². The molecule has 0 aliphatic rings. The first-order valence-corrected chi connectivity index (χ1v) is 5.33. The van der Waals surface area contributed by atoms with E-state index in [0.717, 1.165) is 19.5 Å². The summed E-state index contributed by atoms with van der Waals surface area (Å²) < 4.78 is 0. The molecule has 0 spiro atoms. The van der Waals surface area contributed by atoms with Gasteiger partial charge in [0.15, 0.2) is 0 Å². The summed E-state index contributed by atoms with van der Waals surface area (Å²) >= 11 is 0. The SMILES string of the molecule is CCN(CCCC(=O)NN)CC(C)(C)O. The van der Waals surface area contributed by atoms with E-state index in [0.29, 0.717) is 13.0 Å². The van der Waals surface area contributed by atoms with Crippen molar-refractivity contribution in [2.45, 2.75) is 39.2 Å². The summed E-state index contributed by atoms with van der Waals surface area (Å²) in [6.07, 6.45) is 1.19. The number of carbonyl (C=O) groups excluding carboxylic acids is 1. The van der Waals surface area contributed by atoms with Crippen molar-refractivity contribution < 1.29 is 9.90 Å². The molecule has 0 aromatic heterocycles. The third-order valence-corrected chi connectivity index (χ3v) is 2.10. The van der Waals surface area contributed by atoms with Crippen molar-refractivity contribution in [1.29, 1.82) is 0 Å². The molecule has 5 heteroatoms. The molecule has 0 bridgehead atoms. The van der Waals surface area contributed by atoms with Crippen LogP contribution in [0.3, 0.4) is 0 Å². The summed E-state index contributed by atoms with van der Waals surface area (Å²) in [6.45, 7) is 7.88. The quantitative estimate of drug-likeness (QED) is 0.315. The second-order valence-electron chi connectivity index (χ2n) is 4.35. The lowest BCUT2D eigenvalue weighted by atomic mass is 10.1. The highest BCUT2D eigenvalue weighted by Gasteiger charge is 2.16. The highest BCUT2D eigenvalue weighted by molar-refractivity contribution is 5.75. The van der Waals surface area contributed by atoms with Crippen molar-refractivity contribution in [2.75, 3.05) is 19.6 Å². The van der Waals surface area contributed by atoms with E-state index in [1.165, 1.54) is 0 Å². The first-order chi connectivity index (χ1) is 6.89. The second-order valence-corrected chi connectivity index (χ2v) is 4.35. The lowest BCUT2D eigenvalue weighted by molar-refractivity contribution is -0.121. The minimum absolute atomic E-state index is 0.144. The van der Waals surface area contributed by atoms with Crippen LogP contribution < -0.4 is 11.3 Å². The number of rotatable bonds is 7. The molecule has 0 aliphatic carbocycles. The third kappa shape index (κ3) is 8.35. The van der Waals surface area contributed by atoms with E-state index in [9.17, 15) is 9.90 Å². The fourth-order valence-corrected chi connectivity index (χ4v) is 1.43. The van der Waals surface area contributed by atoms with E-state index in [2.05, 4.69) is 10.3 Å². The average Bonchev–Trinajstić information content (AvgIpc) is 2.14. The van der Waals surface area contributed by atoms with Gasteiger partial charge >= 0.3 is 0 Å². The second kappa shape index (κ2) is 6.76. The Morgan fingerprint density at radius 3 is 2.53 bits per heavy atom. The molecular weight excluding hydrogens is 194 g/mol. The predicted octanol–water partition coefficient (Wildman–Crippen LogP) is -0.151. The Kier molecular flexibility index (Phi) is 6.47. The molecule has 0 rings (SSSR count). The average molecular weight is 217 g/mol. The summed E-state index contributed by atoms with van der Waals surface area (Å²) in [6, 6.07) is 0. The number of nitrogens with zero attached hydrogens (tertiary/aromatic N) is 1. The van der Waals surface area contributed by atoms with E-state index in [-0.39, 0.29) is 5.91 Å². The zero-order valence-corrected chi connectivity index (χ0v) is 9.92. The topological polar surface area (TPSA) is 78.6 Å². The van der Waals surface area contributed by atoms with E-state index in [1.54, 1.807) is 13.8 Å². The van der Waals surface area contributed by atoms with Crippen LogP contribution in [0, 0.1) is 0 Å². The number of nitrogens with one attached hydrogen (secondary N) is 1. The molecule has 0 fully saturated rings. The number of carbonyl (C=O) groups is 1. The van der Waals surface area contributed by atoms with Crippen LogP contribution in [0.4, 0.5) is 0 Å². The van der Waals surface area contributed by atoms with Crippen molar-refractivity contribution in [1.82, 2.24) is 10.3 Å². The highest BCUT2D eigenvalue weighted by atomic mass is 16.3. The Bertz CT molecular complexity index is 190. The third-order valence-electron chi connectivity index (χ3n) is 2.10. The maximum atomic E-state index is 10.9. The molecule has 90 valence electrons. The van der Waals surface area contributed by atoms with Crippen LogP contribution in [-0.4, -0.2) is 41.1 Å². The zero-order chi connectivity index (χ0) is 11.9. The fourth-order valence-electron chi connectivity index (χ4n) is 1.43. The fraction of sp³-hybridized carbons (Fsp3) is 0.900. The molecule has 5 nitrogen and oxygen atoms in total. The molecule has 0 radical (unpaired) electrons. The zero-order valence-electron chi connectivity index (χ0n) is 9.92. The lowest BCUT2D eigenvalue weighted by Gasteiger charge is -2.27. The van der Waals surface area contributed by atoms with Crippen LogP contribution in [0.1, 0.15) is 33.6 Å². The van der Waals surface area contributed by atoms with Gasteiger partial charge in [-0.05, 0) is 33.4 Å². The standard InChI is InChI=1S/C10H23N3O2/c1-4-13(8-10(2,3)15)7-5-6-9(14)12-11/h15H,4-8,11H2,1-3H3,(H,12,14). The van der Waals surface area contributed by atoms with Gasteiger partial charge in [0.2, 0.25) is 5.91 Å². The first kappa shape index (κ1) is 14.3. The molecule has 0 aliphatic heterocycles. The van der Waals surface area contributed by atoms with Crippen LogP contribution >= 0.6 is 0 Å². The van der Waals surface area contributed by atoms with Gasteiger partial charge in [-0.3, -0.25) is 10.2 Å². The smallest absolute Gasteiger partial charge is 0.233 e. The van der Waals surface area contributed by atoms with Crippen molar-refractivity contribution in [3.63, 3.8) is 0 Å². The molecule has 0 saturated heterocycles. The molecule has 1 amide bonds. The van der Waals surface area contributed by atoms with Crippen LogP contribution in [0.25, 0.3) is 0 Å². The molecule has 0 unspecified atom stereocenters. The number of nitrogens with two attached hydrogens (primary N) is 1. The minimum atomic E-state index is -0.688. The molecule has 0 saturated carbocycles. The largest absolute Gasteiger partial charge is 0.389 e. The summed E-state index contributed by atoms with van der Waals surface area (Å²) in [7, 11) is 0. The predicted molar refractivity (Wildman–Crippen MR) is 60.0 cm³/mol. The number of hydrogen-bond donors (Lipinski definition) is 3. The number of hydrazine groups is 1. The van der Waals surface area contributed by atoms with Crippen molar-refractivity contribution in [3.8, 4) is 0 Å². The molecule has 0 aromatic rings. The van der Waals surface area contributed by atoms with Gasteiger partial charge in [0.25, 0.3) is 0 Å². The number of hydrogen-bond acceptors (Lipinski definition) is 4. The van der Waals surface area contributed by atoms with Crippen LogP contribution in [0.15, 0.2) is 0 Å². The highest BCUT2D eigenvalue weighted by Crippen LogP contribution is 2.05. The molecule has 15 heavy (non-hydrogen) atoms. The van der Waals surface area contributed by atoms with Crippen molar-refractivity contribution >= 4 is 5.91 Å². The maximum Gasteiger partial charge on any atom is 0.233 e. The van der Waals surface area contributed by atoms with Gasteiger partial charge < -0.3 is 10.0 Å². The monoisotopic (exact) mass is 217 g/mol. The number of amides is 1. The van der Waals surface area contributed by atoms with Gasteiger partial charge in [0.05, 0.1) is 5.60 Å². The van der Waals surface area contributed by atoms with Crippen LogP contribution in [0.5, 0.6) is 0 Å². The van der Waals surface area contributed by atoms with Gasteiger partial charge in [0.1, 0.15) is 0 Å². The molecular formula is C10H23N3O2. The number of aliphatic hydroxyl groups is 1. The van der Waals surface area contributed by atoms with Gasteiger partial charge in [-0.1, -0.05) is 6.92 Å². The Labute approximate surface area is 91.6 Å². The summed E-state index contributed by atoms with van der Waals surface area (Å²) in [5, 5.41) is 9.63. The van der Waals surface area contributed by atoms with Gasteiger partial charge in [-0.2, -0.15) is 0 Å². The van der Waals surface area contributed by atoms with Gasteiger partial charge in [-0.15, -0.1) is 0 Å². The minimum Gasteiger partial charge on any atom is -0.389 e. The van der Waals surface area contributed by atoms with Crippen molar-refractivity contribution in [3.05, 3.63) is 0 Å². The lowest BCUT2D eigenvalue weighted by Crippen LogP contribution is -2.39. The normalized spacial score (nSPS) is 11.9. The van der Waals surface area contributed by atoms with Gasteiger partial charge in [-0.25, -0.2) is 5.84 Å². The van der Waals surface area contributed by atoms with E-state index >= 15 is 0 Å². The summed E-state index contributed by atoms with van der Waals surface area (Å²) in [4.78, 5) is 13.0. The van der Waals surface area contributed by atoms with Crippen LogP contribution in [0.2, 0.25) is 0 Å². The molecule has 4 N–H and O–H groups in total. The summed E-state index contributed by atoms with van der Waals surface area (Å²) in [5.41, 5.74) is 1.41. The Morgan fingerprint density at radius 1 is 1.53 bits per heavy atom. The molecule has 0 aromatic carbocycles. The van der Waals surface area contributed by atoms with Gasteiger partial charge in [0, 0.05) is 13.0 Å². The van der Waals surface area contributed by atoms with E-state index in [1.807, 2.05) is 6.92 Å². The van der Waals surface area contributed by atoms with Crippen LogP contribution in [-0.2, 0) is 4.79 Å². The first-order valence-electron chi connectivity index (χ1n) is 5.33. The maximum absolute atomic E-state index is 10.9. The Hall–Kier alpha value is -0.650. The van der Waals surface area contributed by atoms with E-state index < -0.39 is 5.60 Å². The van der Waals surface area contributed by atoms with Crippen molar-refractivity contribution in [2.24, 2.45) is 5.84 Å². The number of likely N-dealkylation sites (N-methyl/N-ethyl adjacent to an activating group) is 1.